The van der Waals surface area contributed by atoms with E-state index in [1.165, 1.54) is 22.5 Å². The summed E-state index contributed by atoms with van der Waals surface area (Å²) in [6.45, 7) is 0.339. The van der Waals surface area contributed by atoms with Crippen molar-refractivity contribution in [3.05, 3.63) is 52.5 Å². The summed E-state index contributed by atoms with van der Waals surface area (Å²) < 4.78 is 39.4. The predicted octanol–water partition coefficient (Wildman–Crippen LogP) is 2.68. The summed E-state index contributed by atoms with van der Waals surface area (Å²) in [4.78, 5) is 15.0. The normalized spacial score (nSPS) is 16.1. The molecule has 0 spiro atoms. The van der Waals surface area contributed by atoms with Crippen molar-refractivity contribution in [3.8, 4) is 0 Å². The quantitative estimate of drug-likeness (QED) is 0.817. The van der Waals surface area contributed by atoms with Crippen LogP contribution in [-0.4, -0.2) is 31.6 Å². The molecule has 2 aromatic rings. The summed E-state index contributed by atoms with van der Waals surface area (Å²) in [7, 11) is -3.38. The molecular weight excluding hydrogens is 353 g/mol. The van der Waals surface area contributed by atoms with Crippen molar-refractivity contribution < 1.29 is 17.6 Å². The summed E-state index contributed by atoms with van der Waals surface area (Å²) >= 11 is 5.02. The highest BCUT2D eigenvalue weighted by molar-refractivity contribution is 7.93. The van der Waals surface area contributed by atoms with Gasteiger partial charge in [0.25, 0.3) is 5.91 Å². The van der Waals surface area contributed by atoms with Gasteiger partial charge in [-0.3, -0.25) is 9.10 Å². The zero-order valence-corrected chi connectivity index (χ0v) is 14.1. The smallest absolute Gasteiger partial charge is 0.258 e. The molecule has 9 heteroatoms. The molecule has 2 N–H and O–H groups in total. The summed E-state index contributed by atoms with van der Waals surface area (Å²) in [6, 6.07) is 6.94. The van der Waals surface area contributed by atoms with Crippen LogP contribution in [0.25, 0.3) is 0 Å². The van der Waals surface area contributed by atoms with E-state index < -0.39 is 21.7 Å². The van der Waals surface area contributed by atoms with E-state index in [4.69, 9.17) is 12.2 Å². The van der Waals surface area contributed by atoms with Gasteiger partial charge in [-0.25, -0.2) is 12.8 Å². The number of nitrogens with one attached hydrogen (secondary N) is 2. The molecule has 1 aromatic carbocycles. The van der Waals surface area contributed by atoms with E-state index in [-0.39, 0.29) is 21.6 Å². The number of sulfonamides is 1. The SMILES string of the molecule is O=C(Nc1cc(N2CCCS2(=O)=O)ccc1F)c1ccc[nH]c1=S. The Kier molecular flexibility index (Phi) is 4.37. The molecule has 1 aliphatic rings. The Morgan fingerprint density at radius 3 is 2.79 bits per heavy atom. The third-order valence-corrected chi connectivity index (χ3v) is 5.86. The lowest BCUT2D eigenvalue weighted by molar-refractivity contribution is 0.102. The minimum absolute atomic E-state index is 0.0607. The number of halogens is 1. The van der Waals surface area contributed by atoms with Crippen LogP contribution >= 0.6 is 12.2 Å². The molecule has 24 heavy (non-hydrogen) atoms. The maximum Gasteiger partial charge on any atom is 0.258 e. The van der Waals surface area contributed by atoms with Gasteiger partial charge in [-0.15, -0.1) is 0 Å². The average molecular weight is 367 g/mol. The molecular formula is C15H14FN3O3S2. The average Bonchev–Trinajstić information content (AvgIpc) is 2.89. The van der Waals surface area contributed by atoms with Gasteiger partial charge in [0.2, 0.25) is 10.0 Å². The van der Waals surface area contributed by atoms with Crippen molar-refractivity contribution in [3.63, 3.8) is 0 Å². The standard InChI is InChI=1S/C15H14FN3O3S2/c16-12-5-4-10(19-7-2-8-24(19,21)22)9-13(12)18-14(20)11-3-1-6-17-15(11)23/h1,3-6,9H,2,7-8H2,(H,17,23)(H,18,20). The molecule has 6 nitrogen and oxygen atoms in total. The number of H-pyrrole nitrogens is 1. The second-order valence-electron chi connectivity index (χ2n) is 5.27. The Hall–Kier alpha value is -2.26. The first-order chi connectivity index (χ1) is 11.4. The number of benzene rings is 1. The molecule has 2 heterocycles. The molecule has 0 atom stereocenters. The van der Waals surface area contributed by atoms with Gasteiger partial charge in [0.15, 0.2) is 0 Å². The summed E-state index contributed by atoms with van der Waals surface area (Å²) in [6.07, 6.45) is 2.10. The zero-order valence-electron chi connectivity index (χ0n) is 12.5. The molecule has 126 valence electrons. The third kappa shape index (κ3) is 3.17. The molecule has 0 aliphatic carbocycles. The second kappa shape index (κ2) is 6.33. The predicted molar refractivity (Wildman–Crippen MR) is 91.7 cm³/mol. The number of aromatic amines is 1. The van der Waals surface area contributed by atoms with Crippen molar-refractivity contribution in [2.75, 3.05) is 21.9 Å². The fraction of sp³-hybridized carbons (Fsp3) is 0.200. The molecule has 1 aromatic heterocycles. The first kappa shape index (κ1) is 16.6. The second-order valence-corrected chi connectivity index (χ2v) is 7.69. The third-order valence-electron chi connectivity index (χ3n) is 3.65. The topological polar surface area (TPSA) is 82.3 Å². The highest BCUT2D eigenvalue weighted by Crippen LogP contribution is 2.28. The number of hydrogen-bond donors (Lipinski definition) is 2. The van der Waals surface area contributed by atoms with Crippen LogP contribution < -0.4 is 9.62 Å². The Morgan fingerprint density at radius 1 is 1.33 bits per heavy atom. The summed E-state index contributed by atoms with van der Waals surface area (Å²) in [5.41, 5.74) is 0.423. The maximum absolute atomic E-state index is 14.0. The fourth-order valence-electron chi connectivity index (χ4n) is 2.48. The van der Waals surface area contributed by atoms with E-state index in [0.29, 0.717) is 18.7 Å². The number of rotatable bonds is 3. The van der Waals surface area contributed by atoms with Crippen molar-refractivity contribution in [1.82, 2.24) is 4.98 Å². The van der Waals surface area contributed by atoms with Gasteiger partial charge in [0, 0.05) is 12.7 Å². The Morgan fingerprint density at radius 2 is 2.12 bits per heavy atom. The summed E-state index contributed by atoms with van der Waals surface area (Å²) in [5.74, 6) is -1.17. The molecule has 3 rings (SSSR count). The van der Waals surface area contributed by atoms with Crippen LogP contribution in [0.1, 0.15) is 16.8 Å². The Balaban J connectivity index is 1.92. The van der Waals surface area contributed by atoms with Crippen molar-refractivity contribution >= 4 is 39.5 Å². The molecule has 0 radical (unpaired) electrons. The van der Waals surface area contributed by atoms with Gasteiger partial charge >= 0.3 is 0 Å². The minimum atomic E-state index is -3.38. The number of pyridine rings is 1. The van der Waals surface area contributed by atoms with Crippen LogP contribution in [0.15, 0.2) is 36.5 Å². The monoisotopic (exact) mass is 367 g/mol. The van der Waals surface area contributed by atoms with Crippen molar-refractivity contribution in [1.29, 1.82) is 0 Å². The van der Waals surface area contributed by atoms with Crippen LogP contribution in [0.5, 0.6) is 0 Å². The van der Waals surface area contributed by atoms with Gasteiger partial charge in [0.05, 0.1) is 22.7 Å². The van der Waals surface area contributed by atoms with Crippen molar-refractivity contribution in [2.45, 2.75) is 6.42 Å². The zero-order chi connectivity index (χ0) is 17.3. The molecule has 1 aliphatic heterocycles. The molecule has 1 saturated heterocycles. The summed E-state index contributed by atoms with van der Waals surface area (Å²) in [5, 5.41) is 2.44. The number of carbonyl (C=O) groups excluding carboxylic acids is 1. The van der Waals surface area contributed by atoms with Gasteiger partial charge in [-0.1, -0.05) is 12.2 Å². The molecule has 0 bridgehead atoms. The van der Waals surface area contributed by atoms with Crippen LogP contribution in [0.4, 0.5) is 15.8 Å². The number of hydrogen-bond acceptors (Lipinski definition) is 4. The van der Waals surface area contributed by atoms with E-state index in [9.17, 15) is 17.6 Å². The van der Waals surface area contributed by atoms with Gasteiger partial charge in [-0.05, 0) is 36.8 Å². The lowest BCUT2D eigenvalue weighted by atomic mass is 10.2. The number of nitrogens with zero attached hydrogens (tertiary/aromatic N) is 1. The maximum atomic E-state index is 14.0. The molecule has 0 saturated carbocycles. The van der Waals surface area contributed by atoms with Gasteiger partial charge in [0.1, 0.15) is 10.5 Å². The first-order valence-corrected chi connectivity index (χ1v) is 9.19. The van der Waals surface area contributed by atoms with E-state index in [1.807, 2.05) is 0 Å². The van der Waals surface area contributed by atoms with E-state index in [1.54, 1.807) is 12.3 Å². The van der Waals surface area contributed by atoms with Gasteiger partial charge < -0.3 is 10.3 Å². The lowest BCUT2D eigenvalue weighted by Crippen LogP contribution is -2.25. The lowest BCUT2D eigenvalue weighted by Gasteiger charge is -2.18. The molecule has 1 amide bonds. The van der Waals surface area contributed by atoms with Crippen LogP contribution in [0.2, 0.25) is 0 Å². The van der Waals surface area contributed by atoms with E-state index in [2.05, 4.69) is 10.3 Å². The van der Waals surface area contributed by atoms with E-state index in [0.717, 1.165) is 6.07 Å². The fourth-order valence-corrected chi connectivity index (χ4v) is 4.27. The van der Waals surface area contributed by atoms with Crippen LogP contribution in [-0.2, 0) is 10.0 Å². The van der Waals surface area contributed by atoms with E-state index >= 15 is 0 Å². The Labute approximate surface area is 143 Å². The number of aromatic nitrogens is 1. The highest BCUT2D eigenvalue weighted by Gasteiger charge is 2.29. The number of carbonyl (C=O) groups is 1. The minimum Gasteiger partial charge on any atom is -0.352 e. The van der Waals surface area contributed by atoms with Gasteiger partial charge in [-0.2, -0.15) is 0 Å². The molecule has 0 unspecified atom stereocenters. The number of amides is 1. The largest absolute Gasteiger partial charge is 0.352 e. The Bertz CT molecular complexity index is 956. The van der Waals surface area contributed by atoms with Crippen molar-refractivity contribution in [2.24, 2.45) is 0 Å². The van der Waals surface area contributed by atoms with Crippen LogP contribution in [0, 0.1) is 10.5 Å². The van der Waals surface area contributed by atoms with Crippen LogP contribution in [0.3, 0.4) is 0 Å². The molecule has 1 fully saturated rings. The highest BCUT2D eigenvalue weighted by atomic mass is 32.2. The number of anilines is 2. The first-order valence-electron chi connectivity index (χ1n) is 7.17.